The summed E-state index contributed by atoms with van der Waals surface area (Å²) in [5, 5.41) is 2.73. The number of carbonyl (C=O) groups is 2. The standard InChI is InChI=1S/C18H16ClF2NO4/c1-25-16-6-3-10(7-13(16)19)8-15(18(24)26-2)22-17(23)12-5-4-11(20)9-14(12)21/h3-7,9,15H,8H2,1-2H3,(H,22,23)/t15-/m1/s1. The van der Waals surface area contributed by atoms with Crippen LogP contribution in [-0.4, -0.2) is 32.1 Å². The molecule has 138 valence electrons. The smallest absolute Gasteiger partial charge is 0.328 e. The van der Waals surface area contributed by atoms with E-state index in [9.17, 15) is 18.4 Å². The fraction of sp³-hybridized carbons (Fsp3) is 0.222. The van der Waals surface area contributed by atoms with Gasteiger partial charge in [-0.15, -0.1) is 0 Å². The van der Waals surface area contributed by atoms with Crippen molar-refractivity contribution in [1.29, 1.82) is 0 Å². The van der Waals surface area contributed by atoms with Gasteiger partial charge in [-0.1, -0.05) is 17.7 Å². The molecule has 0 aliphatic carbocycles. The summed E-state index contributed by atoms with van der Waals surface area (Å²) in [7, 11) is 2.64. The Morgan fingerprint density at radius 3 is 2.46 bits per heavy atom. The second-order valence-corrected chi connectivity index (χ2v) is 5.75. The van der Waals surface area contributed by atoms with Crippen molar-refractivity contribution in [3.8, 4) is 5.75 Å². The number of carbonyl (C=O) groups excluding carboxylic acids is 2. The fourth-order valence-electron chi connectivity index (χ4n) is 2.32. The highest BCUT2D eigenvalue weighted by atomic mass is 35.5. The molecule has 0 saturated heterocycles. The van der Waals surface area contributed by atoms with Crippen molar-refractivity contribution in [1.82, 2.24) is 5.32 Å². The molecule has 0 aliphatic heterocycles. The van der Waals surface area contributed by atoms with Crippen molar-refractivity contribution >= 4 is 23.5 Å². The number of nitrogens with one attached hydrogen (secondary N) is 1. The van der Waals surface area contributed by atoms with Crippen molar-refractivity contribution in [3.63, 3.8) is 0 Å². The summed E-state index contributed by atoms with van der Waals surface area (Å²) < 4.78 is 36.5. The zero-order valence-corrected chi connectivity index (χ0v) is 14.8. The Hall–Kier alpha value is -2.67. The van der Waals surface area contributed by atoms with Crippen molar-refractivity contribution in [2.75, 3.05) is 14.2 Å². The summed E-state index contributed by atoms with van der Waals surface area (Å²) in [6.45, 7) is 0. The van der Waals surface area contributed by atoms with Crippen molar-refractivity contribution in [2.45, 2.75) is 12.5 Å². The molecule has 1 atom stereocenters. The molecule has 0 heterocycles. The lowest BCUT2D eigenvalue weighted by atomic mass is 10.0. The van der Waals surface area contributed by atoms with Crippen LogP contribution in [0.5, 0.6) is 5.75 Å². The van der Waals surface area contributed by atoms with E-state index in [1.165, 1.54) is 14.2 Å². The molecule has 5 nitrogen and oxygen atoms in total. The number of esters is 1. The minimum absolute atomic E-state index is 0.0605. The molecule has 2 aromatic rings. The van der Waals surface area contributed by atoms with Gasteiger partial charge in [0.2, 0.25) is 0 Å². The maximum absolute atomic E-state index is 13.7. The predicted octanol–water partition coefficient (Wildman–Crippen LogP) is 3.14. The van der Waals surface area contributed by atoms with Crippen LogP contribution in [0.15, 0.2) is 36.4 Å². The summed E-state index contributed by atoms with van der Waals surface area (Å²) in [5.74, 6) is -2.96. The maximum Gasteiger partial charge on any atom is 0.328 e. The van der Waals surface area contributed by atoms with Crippen LogP contribution in [0.3, 0.4) is 0 Å². The van der Waals surface area contributed by atoms with Gasteiger partial charge in [-0.05, 0) is 29.8 Å². The van der Waals surface area contributed by atoms with Crippen molar-refractivity contribution in [3.05, 3.63) is 64.2 Å². The number of hydrogen-bond acceptors (Lipinski definition) is 4. The molecule has 0 spiro atoms. The third kappa shape index (κ3) is 4.70. The Morgan fingerprint density at radius 2 is 1.88 bits per heavy atom. The highest BCUT2D eigenvalue weighted by molar-refractivity contribution is 6.32. The van der Waals surface area contributed by atoms with Crippen LogP contribution in [0.1, 0.15) is 15.9 Å². The Morgan fingerprint density at radius 1 is 1.15 bits per heavy atom. The molecular weight excluding hydrogens is 368 g/mol. The largest absolute Gasteiger partial charge is 0.495 e. The molecule has 2 aromatic carbocycles. The fourth-order valence-corrected chi connectivity index (χ4v) is 2.60. The van der Waals surface area contributed by atoms with Gasteiger partial charge in [-0.2, -0.15) is 0 Å². The molecule has 0 radical (unpaired) electrons. The molecule has 0 aliphatic rings. The monoisotopic (exact) mass is 383 g/mol. The predicted molar refractivity (Wildman–Crippen MR) is 91.3 cm³/mol. The third-order valence-corrected chi connectivity index (χ3v) is 3.92. The molecular formula is C18H16ClF2NO4. The van der Waals surface area contributed by atoms with E-state index in [1.54, 1.807) is 18.2 Å². The summed E-state index contributed by atoms with van der Waals surface area (Å²) in [6, 6.07) is 6.33. The molecule has 0 unspecified atom stereocenters. The number of halogens is 3. The van der Waals surface area contributed by atoms with E-state index in [4.69, 9.17) is 16.3 Å². The van der Waals surface area contributed by atoms with Gasteiger partial charge in [0, 0.05) is 12.5 Å². The molecule has 0 fully saturated rings. The number of methoxy groups -OCH3 is 2. The topological polar surface area (TPSA) is 64.6 Å². The molecule has 26 heavy (non-hydrogen) atoms. The number of rotatable bonds is 6. The van der Waals surface area contributed by atoms with Gasteiger partial charge in [0.15, 0.2) is 0 Å². The summed E-state index contributed by atoms with van der Waals surface area (Å²) in [6.07, 6.45) is 0.0605. The average Bonchev–Trinajstić information content (AvgIpc) is 2.60. The van der Waals surface area contributed by atoms with Gasteiger partial charge in [-0.25, -0.2) is 13.6 Å². The first-order chi connectivity index (χ1) is 12.3. The molecule has 0 aromatic heterocycles. The van der Waals surface area contributed by atoms with Gasteiger partial charge in [-0.3, -0.25) is 4.79 Å². The Bertz CT molecular complexity index is 829. The normalized spacial score (nSPS) is 11.6. The SMILES string of the molecule is COC(=O)[C@@H](Cc1ccc(OC)c(Cl)c1)NC(=O)c1ccc(F)cc1F. The lowest BCUT2D eigenvalue weighted by Gasteiger charge is -2.17. The highest BCUT2D eigenvalue weighted by Gasteiger charge is 2.24. The Kier molecular flexibility index (Phi) is 6.52. The molecule has 0 bridgehead atoms. The minimum atomic E-state index is -1.08. The van der Waals surface area contributed by atoms with E-state index >= 15 is 0 Å². The number of benzene rings is 2. The lowest BCUT2D eigenvalue weighted by molar-refractivity contribution is -0.142. The Labute approximate surface area is 153 Å². The summed E-state index contributed by atoms with van der Waals surface area (Å²) >= 11 is 6.05. The van der Waals surface area contributed by atoms with E-state index in [1.807, 2.05) is 0 Å². The summed E-state index contributed by atoms with van der Waals surface area (Å²) in [5.41, 5.74) is 0.249. The lowest BCUT2D eigenvalue weighted by Crippen LogP contribution is -2.43. The average molecular weight is 384 g/mol. The second kappa shape index (κ2) is 8.62. The van der Waals surface area contributed by atoms with Gasteiger partial charge in [0.05, 0.1) is 24.8 Å². The van der Waals surface area contributed by atoms with Crippen LogP contribution < -0.4 is 10.1 Å². The Balaban J connectivity index is 2.20. The maximum atomic E-state index is 13.7. The van der Waals surface area contributed by atoms with Crippen LogP contribution in [-0.2, 0) is 16.0 Å². The first-order valence-electron chi connectivity index (χ1n) is 7.52. The van der Waals surface area contributed by atoms with Gasteiger partial charge in [0.1, 0.15) is 23.4 Å². The van der Waals surface area contributed by atoms with E-state index in [-0.39, 0.29) is 12.0 Å². The van der Waals surface area contributed by atoms with Crippen molar-refractivity contribution in [2.24, 2.45) is 0 Å². The van der Waals surface area contributed by atoms with Gasteiger partial charge >= 0.3 is 5.97 Å². The van der Waals surface area contributed by atoms with Crippen molar-refractivity contribution < 1.29 is 27.8 Å². The van der Waals surface area contributed by atoms with E-state index < -0.39 is 29.6 Å². The molecule has 0 saturated carbocycles. The first-order valence-corrected chi connectivity index (χ1v) is 7.89. The van der Waals surface area contributed by atoms with E-state index in [0.29, 0.717) is 22.4 Å². The minimum Gasteiger partial charge on any atom is -0.495 e. The molecule has 2 rings (SSSR count). The van der Waals surface area contributed by atoms with Crippen LogP contribution in [0, 0.1) is 11.6 Å². The summed E-state index contributed by atoms with van der Waals surface area (Å²) in [4.78, 5) is 24.2. The zero-order chi connectivity index (χ0) is 19.3. The molecule has 1 amide bonds. The third-order valence-electron chi connectivity index (χ3n) is 3.62. The quantitative estimate of drug-likeness (QED) is 0.778. The van der Waals surface area contributed by atoms with E-state index in [2.05, 4.69) is 10.1 Å². The van der Waals surface area contributed by atoms with Crippen LogP contribution in [0.2, 0.25) is 5.02 Å². The van der Waals surface area contributed by atoms with E-state index in [0.717, 1.165) is 12.1 Å². The van der Waals surface area contributed by atoms with Gasteiger partial charge in [0.25, 0.3) is 5.91 Å². The highest BCUT2D eigenvalue weighted by Crippen LogP contribution is 2.25. The molecule has 1 N–H and O–H groups in total. The van der Waals surface area contributed by atoms with Crippen LogP contribution in [0.25, 0.3) is 0 Å². The number of ether oxygens (including phenoxy) is 2. The zero-order valence-electron chi connectivity index (χ0n) is 14.0. The second-order valence-electron chi connectivity index (χ2n) is 5.35. The number of hydrogen-bond donors (Lipinski definition) is 1. The number of amides is 1. The first kappa shape index (κ1) is 19.7. The van der Waals surface area contributed by atoms with Crippen LogP contribution in [0.4, 0.5) is 8.78 Å². The van der Waals surface area contributed by atoms with Gasteiger partial charge < -0.3 is 14.8 Å². The molecule has 8 heteroatoms. The van der Waals surface area contributed by atoms with Crippen LogP contribution >= 0.6 is 11.6 Å².